The van der Waals surface area contributed by atoms with Gasteiger partial charge < -0.3 is 15.0 Å². The van der Waals surface area contributed by atoms with Crippen molar-refractivity contribution < 1.29 is 9.53 Å². The molecule has 1 aliphatic rings. The minimum absolute atomic E-state index is 0.263. The van der Waals surface area contributed by atoms with Crippen molar-refractivity contribution in [2.45, 2.75) is 70.9 Å². The number of benzene rings is 1. The molecule has 0 saturated heterocycles. The molecular weight excluding hydrogens is 312 g/mol. The molecule has 1 aliphatic carbocycles. The highest BCUT2D eigenvalue weighted by Crippen LogP contribution is 2.29. The fourth-order valence-electron chi connectivity index (χ4n) is 3.77. The molecule has 1 heterocycles. The molecule has 3 rings (SSSR count). The molecule has 0 atom stereocenters. The van der Waals surface area contributed by atoms with Crippen LogP contribution in [0.5, 0.6) is 0 Å². The zero-order valence-electron chi connectivity index (χ0n) is 15.6. The number of amides is 1. The fourth-order valence-corrected chi connectivity index (χ4v) is 3.77. The summed E-state index contributed by atoms with van der Waals surface area (Å²) in [6, 6.07) is 8.77. The zero-order chi connectivity index (χ0) is 17.9. The van der Waals surface area contributed by atoms with Gasteiger partial charge in [-0.25, -0.2) is 4.79 Å². The molecule has 1 amide bonds. The van der Waals surface area contributed by atoms with Crippen molar-refractivity contribution in [3.63, 3.8) is 0 Å². The molecule has 0 bridgehead atoms. The summed E-state index contributed by atoms with van der Waals surface area (Å²) < 4.78 is 5.35. The Morgan fingerprint density at radius 3 is 2.64 bits per heavy atom. The molecule has 0 unspecified atom stereocenters. The van der Waals surface area contributed by atoms with E-state index in [1.54, 1.807) is 0 Å². The molecule has 0 radical (unpaired) electrons. The second-order valence-corrected chi connectivity index (χ2v) is 8.26. The lowest BCUT2D eigenvalue weighted by Gasteiger charge is -2.30. The first-order valence-electron chi connectivity index (χ1n) is 9.45. The van der Waals surface area contributed by atoms with E-state index in [-0.39, 0.29) is 12.1 Å². The van der Waals surface area contributed by atoms with Crippen LogP contribution in [0.4, 0.5) is 4.79 Å². The van der Waals surface area contributed by atoms with Gasteiger partial charge in [-0.1, -0.05) is 18.2 Å². The Morgan fingerprint density at radius 2 is 1.92 bits per heavy atom. The number of aryl methyl sites for hydroxylation is 1. The fraction of sp³-hybridized carbons (Fsp3) is 0.571. The summed E-state index contributed by atoms with van der Waals surface area (Å²) in [7, 11) is 0. The SMILES string of the molecule is CC(C)(C)OC(=O)NC1CCC(CCc2c[nH]c3ccccc23)CC1. The molecule has 136 valence electrons. The average Bonchev–Trinajstić information content (AvgIpc) is 2.96. The van der Waals surface area contributed by atoms with E-state index in [1.807, 2.05) is 20.8 Å². The lowest BCUT2D eigenvalue weighted by atomic mass is 9.83. The second kappa shape index (κ2) is 7.51. The number of aromatic nitrogens is 1. The number of para-hydroxylation sites is 1. The second-order valence-electron chi connectivity index (χ2n) is 8.26. The molecular formula is C21H30N2O2. The molecule has 1 fully saturated rings. The summed E-state index contributed by atoms with van der Waals surface area (Å²) >= 11 is 0. The smallest absolute Gasteiger partial charge is 0.407 e. The van der Waals surface area contributed by atoms with E-state index < -0.39 is 5.60 Å². The Hall–Kier alpha value is -1.97. The quantitative estimate of drug-likeness (QED) is 0.804. The van der Waals surface area contributed by atoms with Crippen molar-refractivity contribution in [2.75, 3.05) is 0 Å². The van der Waals surface area contributed by atoms with Gasteiger partial charge in [-0.15, -0.1) is 0 Å². The Balaban J connectivity index is 1.43. The van der Waals surface area contributed by atoms with Crippen molar-refractivity contribution in [1.82, 2.24) is 10.3 Å². The zero-order valence-corrected chi connectivity index (χ0v) is 15.6. The van der Waals surface area contributed by atoms with E-state index in [2.05, 4.69) is 40.8 Å². The number of carbonyl (C=O) groups is 1. The predicted molar refractivity (Wildman–Crippen MR) is 102 cm³/mol. The lowest BCUT2D eigenvalue weighted by Crippen LogP contribution is -2.40. The Kier molecular flexibility index (Phi) is 5.36. The first-order valence-corrected chi connectivity index (χ1v) is 9.45. The predicted octanol–water partition coefficient (Wildman–Crippen LogP) is 5.18. The van der Waals surface area contributed by atoms with Crippen LogP contribution in [0.1, 0.15) is 58.4 Å². The van der Waals surface area contributed by atoms with Crippen molar-refractivity contribution >= 4 is 17.0 Å². The highest BCUT2D eigenvalue weighted by Gasteiger charge is 2.24. The van der Waals surface area contributed by atoms with Crippen LogP contribution in [0.25, 0.3) is 10.9 Å². The van der Waals surface area contributed by atoms with Crippen LogP contribution in [0.3, 0.4) is 0 Å². The normalized spacial score (nSPS) is 21.2. The first-order chi connectivity index (χ1) is 11.9. The molecule has 1 aromatic heterocycles. The summed E-state index contributed by atoms with van der Waals surface area (Å²) in [5, 5.41) is 4.37. The van der Waals surface area contributed by atoms with E-state index in [0.717, 1.165) is 25.2 Å². The summed E-state index contributed by atoms with van der Waals surface area (Å²) in [6.45, 7) is 5.69. The molecule has 1 saturated carbocycles. The number of aromatic amines is 1. The van der Waals surface area contributed by atoms with Gasteiger partial charge in [0.2, 0.25) is 0 Å². The van der Waals surface area contributed by atoms with Gasteiger partial charge in [-0.05, 0) is 76.8 Å². The van der Waals surface area contributed by atoms with Gasteiger partial charge in [-0.2, -0.15) is 0 Å². The van der Waals surface area contributed by atoms with Gasteiger partial charge in [0.25, 0.3) is 0 Å². The van der Waals surface area contributed by atoms with Crippen LogP contribution >= 0.6 is 0 Å². The summed E-state index contributed by atoms with van der Waals surface area (Å²) in [5.41, 5.74) is 2.22. The maximum Gasteiger partial charge on any atom is 0.407 e. The van der Waals surface area contributed by atoms with E-state index in [4.69, 9.17) is 4.74 Å². The summed E-state index contributed by atoms with van der Waals surface area (Å²) in [5.74, 6) is 0.755. The third-order valence-corrected chi connectivity index (χ3v) is 5.06. The summed E-state index contributed by atoms with van der Waals surface area (Å²) in [6.07, 6.45) is 8.69. The van der Waals surface area contributed by atoms with E-state index >= 15 is 0 Å². The van der Waals surface area contributed by atoms with Gasteiger partial charge in [0, 0.05) is 23.1 Å². The molecule has 1 aromatic carbocycles. The molecule has 0 aliphatic heterocycles. The Morgan fingerprint density at radius 1 is 1.20 bits per heavy atom. The number of nitrogens with one attached hydrogen (secondary N) is 2. The van der Waals surface area contributed by atoms with Gasteiger partial charge in [0.15, 0.2) is 0 Å². The van der Waals surface area contributed by atoms with E-state index in [1.165, 1.54) is 35.7 Å². The molecule has 4 nitrogen and oxygen atoms in total. The van der Waals surface area contributed by atoms with E-state index in [0.29, 0.717) is 0 Å². The topological polar surface area (TPSA) is 54.1 Å². The lowest BCUT2D eigenvalue weighted by molar-refractivity contribution is 0.0487. The number of alkyl carbamates (subject to hydrolysis) is 1. The van der Waals surface area contributed by atoms with Crippen LogP contribution in [-0.2, 0) is 11.2 Å². The minimum Gasteiger partial charge on any atom is -0.444 e. The number of fused-ring (bicyclic) bond motifs is 1. The van der Waals surface area contributed by atoms with Crippen LogP contribution in [0.2, 0.25) is 0 Å². The molecule has 25 heavy (non-hydrogen) atoms. The average molecular weight is 342 g/mol. The van der Waals surface area contributed by atoms with Crippen LogP contribution < -0.4 is 5.32 Å². The first kappa shape index (κ1) is 17.8. The molecule has 2 aromatic rings. The van der Waals surface area contributed by atoms with Gasteiger partial charge in [0.1, 0.15) is 5.60 Å². The van der Waals surface area contributed by atoms with E-state index in [9.17, 15) is 4.79 Å². The standard InChI is InChI=1S/C21H30N2O2/c1-21(2,3)25-20(24)23-17-12-9-15(10-13-17)8-11-16-14-22-19-7-5-4-6-18(16)19/h4-7,14-15,17,22H,8-13H2,1-3H3,(H,23,24). The van der Waals surface area contributed by atoms with Gasteiger partial charge in [0.05, 0.1) is 0 Å². The van der Waals surface area contributed by atoms with Crippen molar-refractivity contribution in [2.24, 2.45) is 5.92 Å². The third kappa shape index (κ3) is 5.00. The van der Waals surface area contributed by atoms with Crippen molar-refractivity contribution in [1.29, 1.82) is 0 Å². The van der Waals surface area contributed by atoms with Gasteiger partial charge >= 0.3 is 6.09 Å². The summed E-state index contributed by atoms with van der Waals surface area (Å²) in [4.78, 5) is 15.2. The van der Waals surface area contributed by atoms with Crippen LogP contribution in [0.15, 0.2) is 30.5 Å². The largest absolute Gasteiger partial charge is 0.444 e. The number of ether oxygens (including phenoxy) is 1. The van der Waals surface area contributed by atoms with Crippen molar-refractivity contribution in [3.8, 4) is 0 Å². The Labute approximate surface area is 150 Å². The van der Waals surface area contributed by atoms with Crippen LogP contribution in [-0.4, -0.2) is 22.7 Å². The maximum atomic E-state index is 11.9. The molecule has 0 spiro atoms. The monoisotopic (exact) mass is 342 g/mol. The number of H-pyrrole nitrogens is 1. The number of carbonyl (C=O) groups excluding carboxylic acids is 1. The Bertz CT molecular complexity index is 706. The number of hydrogen-bond donors (Lipinski definition) is 2. The third-order valence-electron chi connectivity index (χ3n) is 5.06. The van der Waals surface area contributed by atoms with Gasteiger partial charge in [-0.3, -0.25) is 0 Å². The number of hydrogen-bond acceptors (Lipinski definition) is 2. The molecule has 2 N–H and O–H groups in total. The highest BCUT2D eigenvalue weighted by molar-refractivity contribution is 5.83. The molecule has 4 heteroatoms. The highest BCUT2D eigenvalue weighted by atomic mass is 16.6. The minimum atomic E-state index is -0.430. The van der Waals surface area contributed by atoms with Crippen molar-refractivity contribution in [3.05, 3.63) is 36.0 Å². The van der Waals surface area contributed by atoms with Crippen LogP contribution in [0, 0.1) is 5.92 Å². The maximum absolute atomic E-state index is 11.9. The number of rotatable bonds is 4.